The molecule has 0 radical (unpaired) electrons. The lowest BCUT2D eigenvalue weighted by Crippen LogP contribution is -2.52. The molecule has 0 aliphatic carbocycles. The van der Waals surface area contributed by atoms with Gasteiger partial charge < -0.3 is 9.64 Å². The van der Waals surface area contributed by atoms with Gasteiger partial charge in [0.25, 0.3) is 0 Å². The van der Waals surface area contributed by atoms with Gasteiger partial charge in [0.1, 0.15) is 0 Å². The van der Waals surface area contributed by atoms with Gasteiger partial charge in [-0.3, -0.25) is 0 Å². The molecule has 0 bridgehead atoms. The van der Waals surface area contributed by atoms with Crippen LogP contribution in [0, 0.1) is 0 Å². The summed E-state index contributed by atoms with van der Waals surface area (Å²) in [6, 6.07) is 4.26. The number of hydrogen-bond donors (Lipinski definition) is 0. The van der Waals surface area contributed by atoms with Crippen LogP contribution in [-0.2, 0) is 24.4 Å². The van der Waals surface area contributed by atoms with Gasteiger partial charge in [0.05, 0.1) is 27.2 Å². The molecule has 1 aromatic rings. The van der Waals surface area contributed by atoms with E-state index in [1.165, 1.54) is 12.1 Å². The second-order valence-corrected chi connectivity index (χ2v) is 10.7. The van der Waals surface area contributed by atoms with Crippen LogP contribution in [0.4, 0.5) is 5.69 Å². The Morgan fingerprint density at radius 2 is 1.74 bits per heavy atom. The van der Waals surface area contributed by atoms with Crippen LogP contribution in [0.2, 0.25) is 0 Å². The molecule has 1 saturated heterocycles. The predicted octanol–water partition coefficient (Wildman–Crippen LogP) is 1.50. The maximum absolute atomic E-state index is 12.2. The first kappa shape index (κ1) is 18.2. The third kappa shape index (κ3) is 4.24. The molecule has 6 nitrogen and oxygen atoms in total. The van der Waals surface area contributed by atoms with E-state index in [2.05, 4.69) is 0 Å². The van der Waals surface area contributed by atoms with Crippen molar-refractivity contribution in [3.63, 3.8) is 0 Å². The minimum Gasteiger partial charge on any atom is -0.369 e. The predicted molar refractivity (Wildman–Crippen MR) is 89.5 cm³/mol. The standard InChI is InChI=1S/C15H23NO5S2/c1-11-9-16(10-15(2,3)21-11)13-7-6-12(22(4,17)18)8-14(13)23(5,19)20/h6-8,11H,9-10H2,1-5H3. The van der Waals surface area contributed by atoms with E-state index in [1.54, 1.807) is 6.07 Å². The average Bonchev–Trinajstić information content (AvgIpc) is 2.33. The van der Waals surface area contributed by atoms with Gasteiger partial charge in [-0.1, -0.05) is 0 Å². The second kappa shape index (κ2) is 5.75. The van der Waals surface area contributed by atoms with Gasteiger partial charge in [-0.05, 0) is 39.0 Å². The summed E-state index contributed by atoms with van der Waals surface area (Å²) in [6.07, 6.45) is 2.10. The zero-order chi connectivity index (χ0) is 17.6. The number of rotatable bonds is 3. The molecule has 1 heterocycles. The maximum atomic E-state index is 12.2. The van der Waals surface area contributed by atoms with Crippen LogP contribution >= 0.6 is 0 Å². The number of hydrogen-bond acceptors (Lipinski definition) is 6. The van der Waals surface area contributed by atoms with Crippen molar-refractivity contribution in [2.24, 2.45) is 0 Å². The van der Waals surface area contributed by atoms with Crippen molar-refractivity contribution in [3.8, 4) is 0 Å². The summed E-state index contributed by atoms with van der Waals surface area (Å²) < 4.78 is 53.6. The van der Waals surface area contributed by atoms with Crippen molar-refractivity contribution in [1.29, 1.82) is 0 Å². The average molecular weight is 361 g/mol. The largest absolute Gasteiger partial charge is 0.369 e. The summed E-state index contributed by atoms with van der Waals surface area (Å²) in [4.78, 5) is 1.98. The van der Waals surface area contributed by atoms with E-state index in [0.29, 0.717) is 18.8 Å². The lowest BCUT2D eigenvalue weighted by Gasteiger charge is -2.43. The number of morpholine rings is 1. The summed E-state index contributed by atoms with van der Waals surface area (Å²) in [6.45, 7) is 6.89. The molecule has 1 atom stereocenters. The number of ether oxygens (including phenoxy) is 1. The summed E-state index contributed by atoms with van der Waals surface area (Å²) in [5.74, 6) is 0. The van der Waals surface area contributed by atoms with E-state index in [-0.39, 0.29) is 15.9 Å². The molecule has 8 heteroatoms. The molecule has 0 N–H and O–H groups in total. The highest BCUT2D eigenvalue weighted by Crippen LogP contribution is 2.32. The Labute approximate surface area is 138 Å². The SMILES string of the molecule is CC1CN(c2ccc(S(C)(=O)=O)cc2S(C)(=O)=O)CC(C)(C)O1. The fraction of sp³-hybridized carbons (Fsp3) is 0.600. The van der Waals surface area contributed by atoms with Crippen LogP contribution in [0.15, 0.2) is 28.0 Å². The van der Waals surface area contributed by atoms with Gasteiger partial charge >= 0.3 is 0 Å². The second-order valence-electron chi connectivity index (χ2n) is 6.74. The van der Waals surface area contributed by atoms with E-state index in [4.69, 9.17) is 4.74 Å². The van der Waals surface area contributed by atoms with Gasteiger partial charge in [-0.2, -0.15) is 0 Å². The molecule has 0 aromatic heterocycles. The Balaban J connectivity index is 2.59. The normalized spacial score (nSPS) is 22.1. The highest BCUT2D eigenvalue weighted by Gasteiger charge is 2.33. The smallest absolute Gasteiger partial charge is 0.177 e. The molecular formula is C15H23NO5S2. The molecule has 23 heavy (non-hydrogen) atoms. The first-order valence-corrected chi connectivity index (χ1v) is 11.0. The summed E-state index contributed by atoms with van der Waals surface area (Å²) in [5.41, 5.74) is 0.102. The van der Waals surface area contributed by atoms with Gasteiger partial charge in [0.2, 0.25) is 0 Å². The van der Waals surface area contributed by atoms with E-state index < -0.39 is 25.3 Å². The van der Waals surface area contributed by atoms with Gasteiger partial charge in [-0.15, -0.1) is 0 Å². The van der Waals surface area contributed by atoms with Crippen molar-refractivity contribution in [2.45, 2.75) is 42.3 Å². The van der Waals surface area contributed by atoms with Crippen molar-refractivity contribution >= 4 is 25.4 Å². The third-order valence-electron chi connectivity index (χ3n) is 3.67. The Kier molecular flexibility index (Phi) is 4.56. The first-order valence-electron chi connectivity index (χ1n) is 7.26. The molecule has 1 aromatic carbocycles. The Hall–Kier alpha value is -1.12. The minimum atomic E-state index is -3.57. The number of nitrogens with zero attached hydrogens (tertiary/aromatic N) is 1. The molecule has 130 valence electrons. The Morgan fingerprint density at radius 1 is 1.13 bits per heavy atom. The highest BCUT2D eigenvalue weighted by molar-refractivity contribution is 7.91. The van der Waals surface area contributed by atoms with Crippen LogP contribution in [0.1, 0.15) is 20.8 Å². The van der Waals surface area contributed by atoms with Crippen molar-refractivity contribution in [1.82, 2.24) is 0 Å². The van der Waals surface area contributed by atoms with E-state index in [9.17, 15) is 16.8 Å². The van der Waals surface area contributed by atoms with E-state index in [1.807, 2.05) is 25.7 Å². The van der Waals surface area contributed by atoms with Crippen LogP contribution < -0.4 is 4.90 Å². The third-order valence-corrected chi connectivity index (χ3v) is 5.91. The van der Waals surface area contributed by atoms with Gasteiger partial charge in [0, 0.05) is 25.6 Å². The number of sulfone groups is 2. The number of benzene rings is 1. The quantitative estimate of drug-likeness (QED) is 0.811. The van der Waals surface area contributed by atoms with Crippen LogP contribution in [0.3, 0.4) is 0 Å². The Morgan fingerprint density at radius 3 is 2.22 bits per heavy atom. The highest BCUT2D eigenvalue weighted by atomic mass is 32.2. The fourth-order valence-electron chi connectivity index (χ4n) is 2.92. The van der Waals surface area contributed by atoms with Crippen LogP contribution in [0.5, 0.6) is 0 Å². The maximum Gasteiger partial charge on any atom is 0.177 e. The van der Waals surface area contributed by atoms with Crippen LogP contribution in [0.25, 0.3) is 0 Å². The fourth-order valence-corrected chi connectivity index (χ4v) is 4.56. The monoisotopic (exact) mass is 361 g/mol. The molecular weight excluding hydrogens is 338 g/mol. The van der Waals surface area contributed by atoms with Crippen molar-refractivity contribution < 1.29 is 21.6 Å². The zero-order valence-electron chi connectivity index (χ0n) is 14.0. The first-order chi connectivity index (χ1) is 10.3. The van der Waals surface area contributed by atoms with E-state index >= 15 is 0 Å². The van der Waals surface area contributed by atoms with Crippen LogP contribution in [-0.4, -0.2) is 54.1 Å². The molecule has 0 saturated carbocycles. The molecule has 0 amide bonds. The molecule has 2 rings (SSSR count). The topological polar surface area (TPSA) is 80.8 Å². The molecule has 1 aliphatic heterocycles. The van der Waals surface area contributed by atoms with Crippen molar-refractivity contribution in [3.05, 3.63) is 18.2 Å². The Bertz CT molecular complexity index is 812. The summed E-state index contributed by atoms with van der Waals surface area (Å²) in [7, 11) is -7.04. The number of anilines is 1. The molecule has 0 spiro atoms. The molecule has 1 unspecified atom stereocenters. The van der Waals surface area contributed by atoms with Gasteiger partial charge in [0.15, 0.2) is 19.7 Å². The van der Waals surface area contributed by atoms with Gasteiger partial charge in [-0.25, -0.2) is 16.8 Å². The molecule has 1 fully saturated rings. The van der Waals surface area contributed by atoms with E-state index in [0.717, 1.165) is 12.5 Å². The summed E-state index contributed by atoms with van der Waals surface area (Å²) >= 11 is 0. The lowest BCUT2D eigenvalue weighted by atomic mass is 10.0. The summed E-state index contributed by atoms with van der Waals surface area (Å²) in [5, 5.41) is 0. The van der Waals surface area contributed by atoms with Crippen molar-refractivity contribution in [2.75, 3.05) is 30.5 Å². The minimum absolute atomic E-state index is 0.00208. The lowest BCUT2D eigenvalue weighted by molar-refractivity contribution is -0.0751. The molecule has 1 aliphatic rings. The zero-order valence-corrected chi connectivity index (χ0v) is 15.7.